The molecule has 21 heavy (non-hydrogen) atoms. The van der Waals surface area contributed by atoms with Crippen molar-refractivity contribution in [3.05, 3.63) is 41.5 Å². The van der Waals surface area contributed by atoms with Gasteiger partial charge in [-0.25, -0.2) is 0 Å². The number of rotatable bonds is 5. The fourth-order valence-corrected chi connectivity index (χ4v) is 2.21. The van der Waals surface area contributed by atoms with Crippen molar-refractivity contribution >= 4 is 5.69 Å². The Balaban J connectivity index is 1.52. The maximum absolute atomic E-state index is 5.54. The lowest BCUT2D eigenvalue weighted by molar-refractivity contribution is -0.0941. The monoisotopic (exact) mass is 289 g/mol. The Bertz CT molecular complexity index is 579. The van der Waals surface area contributed by atoms with Crippen LogP contribution in [0, 0.1) is 6.92 Å². The molecular formula is C15H19N3O3. The second-order valence-electron chi connectivity index (χ2n) is 4.97. The normalized spacial score (nSPS) is 18.6. The molecule has 1 saturated heterocycles. The van der Waals surface area contributed by atoms with E-state index < -0.39 is 0 Å². The van der Waals surface area contributed by atoms with Crippen molar-refractivity contribution in [2.45, 2.75) is 19.4 Å². The highest BCUT2D eigenvalue weighted by Gasteiger charge is 2.22. The van der Waals surface area contributed by atoms with E-state index in [0.29, 0.717) is 38.0 Å². The lowest BCUT2D eigenvalue weighted by atomic mass is 10.2. The lowest BCUT2D eigenvalue weighted by Gasteiger charge is -2.19. The Morgan fingerprint density at radius 3 is 3.00 bits per heavy atom. The van der Waals surface area contributed by atoms with E-state index in [1.165, 1.54) is 5.56 Å². The van der Waals surface area contributed by atoms with E-state index in [0.717, 1.165) is 12.2 Å². The molecular weight excluding hydrogens is 270 g/mol. The maximum Gasteiger partial charge on any atom is 0.228 e. The van der Waals surface area contributed by atoms with Crippen LogP contribution in [-0.4, -0.2) is 36.5 Å². The van der Waals surface area contributed by atoms with Crippen LogP contribution < -0.4 is 5.32 Å². The highest BCUT2D eigenvalue weighted by Crippen LogP contribution is 2.18. The van der Waals surface area contributed by atoms with Gasteiger partial charge in [-0.05, 0) is 18.6 Å². The van der Waals surface area contributed by atoms with Gasteiger partial charge in [0.1, 0.15) is 6.10 Å². The van der Waals surface area contributed by atoms with Crippen molar-refractivity contribution in [3.8, 4) is 0 Å². The van der Waals surface area contributed by atoms with Gasteiger partial charge in [-0.3, -0.25) is 0 Å². The molecule has 0 aliphatic carbocycles. The van der Waals surface area contributed by atoms with Crippen LogP contribution in [0.3, 0.4) is 0 Å². The molecule has 1 aliphatic rings. The predicted octanol–water partition coefficient (Wildman–Crippen LogP) is 2.12. The van der Waals surface area contributed by atoms with E-state index in [4.69, 9.17) is 14.0 Å². The number of para-hydroxylation sites is 1. The number of benzene rings is 1. The van der Waals surface area contributed by atoms with Gasteiger partial charge in [0.2, 0.25) is 11.7 Å². The van der Waals surface area contributed by atoms with Gasteiger partial charge >= 0.3 is 0 Å². The van der Waals surface area contributed by atoms with Crippen molar-refractivity contribution in [1.29, 1.82) is 0 Å². The fourth-order valence-electron chi connectivity index (χ4n) is 2.21. The quantitative estimate of drug-likeness (QED) is 0.909. The SMILES string of the molecule is Cc1ccccc1NCCc1nc(C2COCCO2)no1. The van der Waals surface area contributed by atoms with E-state index in [9.17, 15) is 0 Å². The molecule has 112 valence electrons. The molecule has 1 fully saturated rings. The summed E-state index contributed by atoms with van der Waals surface area (Å²) in [7, 11) is 0. The summed E-state index contributed by atoms with van der Waals surface area (Å²) in [6.07, 6.45) is 0.468. The molecule has 0 amide bonds. The summed E-state index contributed by atoms with van der Waals surface area (Å²) >= 11 is 0. The smallest absolute Gasteiger partial charge is 0.228 e. The van der Waals surface area contributed by atoms with Gasteiger partial charge in [-0.2, -0.15) is 4.98 Å². The summed E-state index contributed by atoms with van der Waals surface area (Å²) in [5.41, 5.74) is 2.35. The summed E-state index contributed by atoms with van der Waals surface area (Å²) in [6.45, 7) is 4.51. The lowest BCUT2D eigenvalue weighted by Crippen LogP contribution is -2.22. The van der Waals surface area contributed by atoms with Gasteiger partial charge < -0.3 is 19.3 Å². The molecule has 6 nitrogen and oxygen atoms in total. The van der Waals surface area contributed by atoms with Gasteiger partial charge in [-0.15, -0.1) is 0 Å². The molecule has 2 heterocycles. The number of anilines is 1. The molecule has 1 aliphatic heterocycles. The summed E-state index contributed by atoms with van der Waals surface area (Å²) in [5, 5.41) is 7.33. The van der Waals surface area contributed by atoms with Crippen LogP contribution in [0.5, 0.6) is 0 Å². The third-order valence-electron chi connectivity index (χ3n) is 3.39. The third kappa shape index (κ3) is 3.59. The Kier molecular flexibility index (Phi) is 4.47. The Hall–Kier alpha value is -1.92. The zero-order valence-electron chi connectivity index (χ0n) is 12.0. The largest absolute Gasteiger partial charge is 0.384 e. The molecule has 1 aromatic heterocycles. The van der Waals surface area contributed by atoms with E-state index in [1.54, 1.807) is 0 Å². The minimum absolute atomic E-state index is 0.208. The van der Waals surface area contributed by atoms with E-state index >= 15 is 0 Å². The minimum atomic E-state index is -0.208. The van der Waals surface area contributed by atoms with Gasteiger partial charge in [0.25, 0.3) is 0 Å². The molecule has 1 N–H and O–H groups in total. The topological polar surface area (TPSA) is 69.4 Å². The number of ether oxygens (including phenoxy) is 2. The van der Waals surface area contributed by atoms with E-state index in [2.05, 4.69) is 34.5 Å². The highest BCUT2D eigenvalue weighted by molar-refractivity contribution is 5.50. The van der Waals surface area contributed by atoms with Crippen LogP contribution in [0.2, 0.25) is 0 Å². The summed E-state index contributed by atoms with van der Waals surface area (Å²) in [5.74, 6) is 1.18. The average molecular weight is 289 g/mol. The van der Waals surface area contributed by atoms with Crippen LogP contribution in [0.25, 0.3) is 0 Å². The molecule has 0 radical (unpaired) electrons. The van der Waals surface area contributed by atoms with Crippen molar-refractivity contribution in [3.63, 3.8) is 0 Å². The maximum atomic E-state index is 5.54. The molecule has 3 rings (SSSR count). The second-order valence-corrected chi connectivity index (χ2v) is 4.97. The number of hydrogen-bond acceptors (Lipinski definition) is 6. The standard InChI is InChI=1S/C15H19N3O3/c1-11-4-2-3-5-12(11)16-7-6-14-17-15(18-21-14)13-10-19-8-9-20-13/h2-5,13,16H,6-10H2,1H3. The molecule has 0 bridgehead atoms. The number of aryl methyl sites for hydroxylation is 1. The number of nitrogens with zero attached hydrogens (tertiary/aromatic N) is 2. The first kappa shape index (κ1) is 14.0. The summed E-state index contributed by atoms with van der Waals surface area (Å²) < 4.78 is 16.1. The Labute approximate surface area is 123 Å². The first-order chi connectivity index (χ1) is 10.3. The number of aromatic nitrogens is 2. The van der Waals surface area contributed by atoms with Gasteiger partial charge in [0, 0.05) is 18.7 Å². The van der Waals surface area contributed by atoms with E-state index in [-0.39, 0.29) is 6.10 Å². The van der Waals surface area contributed by atoms with Gasteiger partial charge in [-0.1, -0.05) is 23.4 Å². The van der Waals surface area contributed by atoms with Gasteiger partial charge in [0.05, 0.1) is 19.8 Å². The second kappa shape index (κ2) is 6.69. The fraction of sp³-hybridized carbons (Fsp3) is 0.467. The molecule has 0 saturated carbocycles. The molecule has 1 aromatic carbocycles. The first-order valence-corrected chi connectivity index (χ1v) is 7.14. The van der Waals surface area contributed by atoms with Crippen LogP contribution in [0.4, 0.5) is 5.69 Å². The zero-order valence-corrected chi connectivity index (χ0v) is 12.0. The summed E-state index contributed by atoms with van der Waals surface area (Å²) in [6, 6.07) is 8.17. The number of nitrogens with one attached hydrogen (secondary N) is 1. The van der Waals surface area contributed by atoms with Crippen molar-refractivity contribution in [2.75, 3.05) is 31.7 Å². The first-order valence-electron chi connectivity index (χ1n) is 7.14. The van der Waals surface area contributed by atoms with Crippen LogP contribution in [0.1, 0.15) is 23.4 Å². The zero-order chi connectivity index (χ0) is 14.5. The van der Waals surface area contributed by atoms with Crippen LogP contribution in [0.15, 0.2) is 28.8 Å². The third-order valence-corrected chi connectivity index (χ3v) is 3.39. The Morgan fingerprint density at radius 1 is 1.29 bits per heavy atom. The van der Waals surface area contributed by atoms with Crippen molar-refractivity contribution < 1.29 is 14.0 Å². The average Bonchev–Trinajstić information content (AvgIpc) is 2.99. The highest BCUT2D eigenvalue weighted by atomic mass is 16.6. The predicted molar refractivity (Wildman–Crippen MR) is 77.2 cm³/mol. The molecule has 6 heteroatoms. The van der Waals surface area contributed by atoms with Gasteiger partial charge in [0.15, 0.2) is 0 Å². The minimum Gasteiger partial charge on any atom is -0.384 e. The number of hydrogen-bond donors (Lipinski definition) is 1. The Morgan fingerprint density at radius 2 is 2.19 bits per heavy atom. The summed E-state index contributed by atoms with van der Waals surface area (Å²) in [4.78, 5) is 4.36. The molecule has 1 unspecified atom stereocenters. The van der Waals surface area contributed by atoms with Crippen LogP contribution >= 0.6 is 0 Å². The molecule has 2 aromatic rings. The van der Waals surface area contributed by atoms with Crippen molar-refractivity contribution in [2.24, 2.45) is 0 Å². The van der Waals surface area contributed by atoms with Crippen molar-refractivity contribution in [1.82, 2.24) is 10.1 Å². The molecule has 1 atom stereocenters. The molecule has 0 spiro atoms. The van der Waals surface area contributed by atoms with E-state index in [1.807, 2.05) is 12.1 Å². The van der Waals surface area contributed by atoms with Crippen LogP contribution in [-0.2, 0) is 15.9 Å².